The fourth-order valence-electron chi connectivity index (χ4n) is 1.79. The van der Waals surface area contributed by atoms with Crippen molar-refractivity contribution in [2.75, 3.05) is 0 Å². The van der Waals surface area contributed by atoms with E-state index in [-0.39, 0.29) is 24.2 Å². The van der Waals surface area contributed by atoms with Gasteiger partial charge in [0.05, 0.1) is 0 Å². The molecular formula is C10H12ClF2NO. The number of alkyl halides is 2. The Morgan fingerprint density at radius 1 is 1.40 bits per heavy atom. The molecule has 0 aromatic heterocycles. The molecule has 1 aromatic rings. The van der Waals surface area contributed by atoms with Gasteiger partial charge in [-0.15, -0.1) is 12.4 Å². The molecule has 0 unspecified atom stereocenters. The maximum atomic E-state index is 11.9. The summed E-state index contributed by atoms with van der Waals surface area (Å²) in [4.78, 5) is 0. The van der Waals surface area contributed by atoms with Crippen molar-refractivity contribution in [3.05, 3.63) is 29.3 Å². The van der Waals surface area contributed by atoms with Crippen molar-refractivity contribution >= 4 is 12.4 Å². The Balaban J connectivity index is 0.00000112. The first kappa shape index (κ1) is 12.2. The van der Waals surface area contributed by atoms with Crippen molar-refractivity contribution in [1.82, 2.24) is 0 Å². The van der Waals surface area contributed by atoms with E-state index in [0.29, 0.717) is 0 Å². The van der Waals surface area contributed by atoms with Crippen LogP contribution in [0.2, 0.25) is 0 Å². The minimum Gasteiger partial charge on any atom is -0.435 e. The van der Waals surface area contributed by atoms with Crippen LogP contribution in [0.4, 0.5) is 8.78 Å². The molecule has 0 amide bonds. The van der Waals surface area contributed by atoms with Crippen molar-refractivity contribution < 1.29 is 13.5 Å². The van der Waals surface area contributed by atoms with Crippen LogP contribution < -0.4 is 10.5 Å². The summed E-state index contributed by atoms with van der Waals surface area (Å²) in [5.41, 5.74) is 7.87. The standard InChI is InChI=1S/C10H11F2NO.ClH/c11-10(12)14-7-3-1-6-2-4-9(13)8(6)5-7;/h1,3,5,9-10H,2,4,13H2;1H/t9-;/m1./s1. The maximum absolute atomic E-state index is 11.9. The van der Waals surface area contributed by atoms with Crippen molar-refractivity contribution in [3.63, 3.8) is 0 Å². The summed E-state index contributed by atoms with van der Waals surface area (Å²) in [5, 5.41) is 0. The highest BCUT2D eigenvalue weighted by Crippen LogP contribution is 2.32. The van der Waals surface area contributed by atoms with Gasteiger partial charge in [-0.2, -0.15) is 8.78 Å². The second-order valence-electron chi connectivity index (χ2n) is 3.38. The number of hydrogen-bond acceptors (Lipinski definition) is 2. The Morgan fingerprint density at radius 2 is 2.13 bits per heavy atom. The van der Waals surface area contributed by atoms with Crippen LogP contribution in [0.15, 0.2) is 18.2 Å². The average Bonchev–Trinajstić information content (AvgIpc) is 2.47. The molecule has 0 saturated carbocycles. The molecular weight excluding hydrogens is 224 g/mol. The van der Waals surface area contributed by atoms with Crippen LogP contribution in [-0.2, 0) is 6.42 Å². The lowest BCUT2D eigenvalue weighted by molar-refractivity contribution is -0.0498. The van der Waals surface area contributed by atoms with Gasteiger partial charge in [-0.3, -0.25) is 0 Å². The first-order valence-electron chi connectivity index (χ1n) is 4.50. The number of nitrogens with two attached hydrogens (primary N) is 1. The quantitative estimate of drug-likeness (QED) is 0.855. The largest absolute Gasteiger partial charge is 0.435 e. The first-order chi connectivity index (χ1) is 6.66. The maximum Gasteiger partial charge on any atom is 0.387 e. The Kier molecular flexibility index (Phi) is 3.88. The number of halogens is 3. The van der Waals surface area contributed by atoms with Crippen molar-refractivity contribution in [3.8, 4) is 5.75 Å². The molecule has 0 spiro atoms. The van der Waals surface area contributed by atoms with Crippen molar-refractivity contribution in [1.29, 1.82) is 0 Å². The fourth-order valence-corrected chi connectivity index (χ4v) is 1.79. The fraction of sp³-hybridized carbons (Fsp3) is 0.400. The number of aryl methyl sites for hydroxylation is 1. The van der Waals surface area contributed by atoms with Gasteiger partial charge in [0.1, 0.15) is 5.75 Å². The molecule has 1 atom stereocenters. The van der Waals surface area contributed by atoms with Crippen LogP contribution in [0.25, 0.3) is 0 Å². The predicted octanol–water partition coefficient (Wildman–Crippen LogP) is 2.66. The van der Waals surface area contributed by atoms with Crippen molar-refractivity contribution in [2.45, 2.75) is 25.5 Å². The normalized spacial score (nSPS) is 18.5. The zero-order valence-corrected chi connectivity index (χ0v) is 8.77. The zero-order chi connectivity index (χ0) is 10.1. The van der Waals surface area contributed by atoms with Crippen LogP contribution in [0.1, 0.15) is 23.6 Å². The Labute approximate surface area is 92.8 Å². The van der Waals surface area contributed by atoms with Crippen LogP contribution in [0.5, 0.6) is 5.75 Å². The SMILES string of the molecule is Cl.N[C@@H]1CCc2ccc(OC(F)F)cc21. The molecule has 1 aromatic carbocycles. The van der Waals surface area contributed by atoms with E-state index >= 15 is 0 Å². The Morgan fingerprint density at radius 3 is 2.80 bits per heavy atom. The summed E-state index contributed by atoms with van der Waals surface area (Å²) in [5.74, 6) is 0.191. The number of benzene rings is 1. The molecule has 1 aliphatic carbocycles. The molecule has 0 heterocycles. The molecule has 2 N–H and O–H groups in total. The van der Waals surface area contributed by atoms with Gasteiger partial charge in [-0.1, -0.05) is 6.07 Å². The molecule has 15 heavy (non-hydrogen) atoms. The van der Waals surface area contributed by atoms with Gasteiger partial charge in [0, 0.05) is 6.04 Å². The van der Waals surface area contributed by atoms with E-state index in [0.717, 1.165) is 24.0 Å². The number of hydrogen-bond donors (Lipinski definition) is 1. The highest BCUT2D eigenvalue weighted by atomic mass is 35.5. The van der Waals surface area contributed by atoms with Gasteiger partial charge in [0.15, 0.2) is 0 Å². The topological polar surface area (TPSA) is 35.2 Å². The van der Waals surface area contributed by atoms with E-state index in [2.05, 4.69) is 4.74 Å². The molecule has 0 aliphatic heterocycles. The van der Waals surface area contributed by atoms with Gasteiger partial charge in [-0.25, -0.2) is 0 Å². The summed E-state index contributed by atoms with van der Waals surface area (Å²) in [6.45, 7) is -2.77. The molecule has 5 heteroatoms. The Bertz CT molecular complexity index is 346. The average molecular weight is 236 g/mol. The third-order valence-electron chi connectivity index (χ3n) is 2.47. The number of ether oxygens (including phenoxy) is 1. The molecule has 84 valence electrons. The molecule has 2 nitrogen and oxygen atoms in total. The van der Waals surface area contributed by atoms with Gasteiger partial charge in [-0.05, 0) is 36.1 Å². The minimum atomic E-state index is -2.77. The van der Waals surface area contributed by atoms with Crippen LogP contribution in [0.3, 0.4) is 0 Å². The van der Waals surface area contributed by atoms with Crippen LogP contribution >= 0.6 is 12.4 Å². The minimum absolute atomic E-state index is 0. The predicted molar refractivity (Wildman–Crippen MR) is 55.6 cm³/mol. The van der Waals surface area contributed by atoms with E-state index in [1.165, 1.54) is 0 Å². The van der Waals surface area contributed by atoms with E-state index < -0.39 is 6.61 Å². The highest BCUT2D eigenvalue weighted by molar-refractivity contribution is 5.85. The van der Waals surface area contributed by atoms with E-state index in [9.17, 15) is 8.78 Å². The summed E-state index contributed by atoms with van der Waals surface area (Å²) in [6, 6.07) is 4.94. The smallest absolute Gasteiger partial charge is 0.387 e. The monoisotopic (exact) mass is 235 g/mol. The first-order valence-corrected chi connectivity index (χ1v) is 4.50. The second-order valence-corrected chi connectivity index (χ2v) is 3.38. The molecule has 1 aliphatic rings. The lowest BCUT2D eigenvalue weighted by Gasteiger charge is -2.08. The van der Waals surface area contributed by atoms with Crippen LogP contribution in [0, 0.1) is 0 Å². The Hall–Kier alpha value is -0.870. The summed E-state index contributed by atoms with van der Waals surface area (Å²) in [7, 11) is 0. The van der Waals surface area contributed by atoms with Crippen molar-refractivity contribution in [2.24, 2.45) is 5.73 Å². The summed E-state index contributed by atoms with van der Waals surface area (Å²) >= 11 is 0. The van der Waals surface area contributed by atoms with Gasteiger partial charge in [0.2, 0.25) is 0 Å². The van der Waals surface area contributed by atoms with E-state index in [1.54, 1.807) is 18.2 Å². The van der Waals surface area contributed by atoms with E-state index in [1.807, 2.05) is 0 Å². The lowest BCUT2D eigenvalue weighted by Crippen LogP contribution is -2.06. The van der Waals surface area contributed by atoms with Gasteiger partial charge < -0.3 is 10.5 Å². The summed E-state index contributed by atoms with van der Waals surface area (Å²) < 4.78 is 28.1. The lowest BCUT2D eigenvalue weighted by atomic mass is 10.1. The van der Waals surface area contributed by atoms with Crippen LogP contribution in [-0.4, -0.2) is 6.61 Å². The second kappa shape index (κ2) is 4.77. The van der Waals surface area contributed by atoms with Gasteiger partial charge >= 0.3 is 6.61 Å². The molecule has 0 fully saturated rings. The van der Waals surface area contributed by atoms with E-state index in [4.69, 9.17) is 5.73 Å². The molecule has 0 bridgehead atoms. The zero-order valence-electron chi connectivity index (χ0n) is 7.95. The molecule has 2 rings (SSSR count). The highest BCUT2D eigenvalue weighted by Gasteiger charge is 2.19. The molecule has 0 radical (unpaired) electrons. The van der Waals surface area contributed by atoms with Gasteiger partial charge in [0.25, 0.3) is 0 Å². The third kappa shape index (κ3) is 2.58. The number of rotatable bonds is 2. The number of fused-ring (bicyclic) bond motifs is 1. The molecule has 0 saturated heterocycles. The summed E-state index contributed by atoms with van der Waals surface area (Å²) in [6.07, 6.45) is 1.80. The third-order valence-corrected chi connectivity index (χ3v) is 2.47.